The van der Waals surface area contributed by atoms with Crippen LogP contribution in [-0.4, -0.2) is 27.4 Å². The van der Waals surface area contributed by atoms with E-state index in [9.17, 15) is 0 Å². The van der Waals surface area contributed by atoms with Crippen LogP contribution < -0.4 is 0 Å². The van der Waals surface area contributed by atoms with Crippen molar-refractivity contribution in [1.82, 2.24) is 27.4 Å². The lowest BCUT2D eigenvalue weighted by molar-refractivity contribution is 0.827. The van der Waals surface area contributed by atoms with E-state index in [0.717, 1.165) is 13.1 Å². The minimum absolute atomic E-state index is 0.933. The van der Waals surface area contributed by atoms with Crippen molar-refractivity contribution in [1.29, 1.82) is 0 Å². The normalized spacial score (nSPS) is 12.2. The molecular formula is C80H62N6. The molecule has 18 rings (SSSR count). The van der Waals surface area contributed by atoms with Crippen molar-refractivity contribution in [2.75, 3.05) is 0 Å². The summed E-state index contributed by atoms with van der Waals surface area (Å²) in [7, 11) is 8.63. The molecule has 0 amide bonds. The summed E-state index contributed by atoms with van der Waals surface area (Å²) in [6.07, 6.45) is 0. The number of rotatable bonds is 6. The van der Waals surface area contributed by atoms with Crippen LogP contribution in [0.5, 0.6) is 0 Å². The first-order valence-corrected chi connectivity index (χ1v) is 30.2. The number of fused-ring (bicyclic) bond motifs is 18. The van der Waals surface area contributed by atoms with Crippen LogP contribution in [-0.2, 0) is 41.3 Å². The molecule has 0 unspecified atom stereocenters. The summed E-state index contributed by atoms with van der Waals surface area (Å²) in [6, 6.07) is 90.3. The molecule has 0 aliphatic carbocycles. The lowest BCUT2D eigenvalue weighted by Crippen LogP contribution is -1.92. The second kappa shape index (κ2) is 19.0. The monoisotopic (exact) mass is 1110 g/mol. The second-order valence-corrected chi connectivity index (χ2v) is 23.6. The zero-order valence-electron chi connectivity index (χ0n) is 49.2. The van der Waals surface area contributed by atoms with E-state index in [2.05, 4.69) is 312 Å². The van der Waals surface area contributed by atoms with Crippen molar-refractivity contribution in [3.05, 3.63) is 243 Å². The summed E-state index contributed by atoms with van der Waals surface area (Å²) in [6.45, 7) is 6.35. The minimum atomic E-state index is 0.933. The molecule has 0 atom stereocenters. The maximum absolute atomic E-state index is 2.44. The number of nitrogens with zero attached hydrogens (tertiary/aromatic N) is 6. The smallest absolute Gasteiger partial charge is 0.0491 e. The Kier molecular flexibility index (Phi) is 11.0. The maximum Gasteiger partial charge on any atom is 0.0491 e. The van der Waals surface area contributed by atoms with E-state index in [4.69, 9.17) is 0 Å². The average molecular weight is 1110 g/mol. The van der Waals surface area contributed by atoms with Gasteiger partial charge in [-0.05, 0) is 180 Å². The fourth-order valence-corrected chi connectivity index (χ4v) is 15.0. The molecule has 0 fully saturated rings. The van der Waals surface area contributed by atoms with Gasteiger partial charge in [-0.2, -0.15) is 0 Å². The molecule has 0 radical (unpaired) electrons. The standard InChI is InChI=1S/2C40H31N3/c2*1-4-43-39-19-15-27(25-13-17-37-31(21-25)29-9-5-7-11-35(29)41(37)2)23-33(39)34-24-28(16-20-40(34)43)26-14-18-38-32(22-26)30-10-6-8-12-36(30)42(38)3/h2*5-24H,4H2,1-3H3. The number of aryl methyl sites for hydroxylation is 6. The van der Waals surface area contributed by atoms with E-state index in [0.29, 0.717) is 0 Å². The molecular weight excluding hydrogens is 1040 g/mol. The molecule has 0 bridgehead atoms. The highest BCUT2D eigenvalue weighted by Crippen LogP contribution is 2.42. The van der Waals surface area contributed by atoms with Crippen molar-refractivity contribution in [2.45, 2.75) is 26.9 Å². The van der Waals surface area contributed by atoms with Crippen LogP contribution in [0, 0.1) is 0 Å². The van der Waals surface area contributed by atoms with Crippen molar-refractivity contribution in [2.24, 2.45) is 28.2 Å². The summed E-state index contributed by atoms with van der Waals surface area (Å²) >= 11 is 0. The molecule has 0 N–H and O–H groups in total. The molecule has 6 aromatic heterocycles. The molecule has 0 saturated carbocycles. The minimum Gasteiger partial charge on any atom is -0.344 e. The number of hydrogen-bond acceptors (Lipinski definition) is 0. The highest BCUT2D eigenvalue weighted by molar-refractivity contribution is 6.16. The van der Waals surface area contributed by atoms with E-state index in [1.165, 1.54) is 175 Å². The zero-order valence-corrected chi connectivity index (χ0v) is 49.2. The molecule has 0 aliphatic heterocycles. The molecule has 18 aromatic rings. The van der Waals surface area contributed by atoms with E-state index in [1.54, 1.807) is 0 Å². The Balaban J connectivity index is 0.000000134. The van der Waals surface area contributed by atoms with Crippen molar-refractivity contribution in [3.63, 3.8) is 0 Å². The van der Waals surface area contributed by atoms with Gasteiger partial charge in [-0.1, -0.05) is 121 Å². The SMILES string of the molecule is CCn1c2ccc(-c3ccc4c(c3)c3ccccc3n4C)cc2c2cc(-c3ccc4c(c3)c3ccccc3n4C)ccc21.CCn1c2ccc(-c3ccc4c(c3)c3ccccc3n4C)cc2c2cc(-c3ccc4c(c3)c3ccccc3n4C)ccc21. The zero-order chi connectivity index (χ0) is 57.6. The van der Waals surface area contributed by atoms with E-state index >= 15 is 0 Å². The van der Waals surface area contributed by atoms with E-state index in [1.807, 2.05) is 0 Å². The highest BCUT2D eigenvalue weighted by Gasteiger charge is 2.19. The Hall–Kier alpha value is -10.6. The first-order chi connectivity index (χ1) is 42.2. The first kappa shape index (κ1) is 50.0. The van der Waals surface area contributed by atoms with Gasteiger partial charge in [0.2, 0.25) is 0 Å². The predicted octanol–water partition coefficient (Wildman–Crippen LogP) is 20.9. The van der Waals surface area contributed by atoms with Gasteiger partial charge in [0.25, 0.3) is 0 Å². The van der Waals surface area contributed by atoms with Crippen molar-refractivity contribution < 1.29 is 0 Å². The number of aromatic nitrogens is 6. The Morgan fingerprint density at radius 2 is 0.349 bits per heavy atom. The van der Waals surface area contributed by atoms with E-state index in [-0.39, 0.29) is 0 Å². The Bertz CT molecular complexity index is 5150. The van der Waals surface area contributed by atoms with Crippen LogP contribution in [0.25, 0.3) is 175 Å². The predicted molar refractivity (Wildman–Crippen MR) is 368 cm³/mol. The third-order valence-corrected chi connectivity index (χ3v) is 19.3. The Morgan fingerprint density at radius 1 is 0.186 bits per heavy atom. The van der Waals surface area contributed by atoms with Gasteiger partial charge in [0.05, 0.1) is 0 Å². The number of hydrogen-bond donors (Lipinski definition) is 0. The summed E-state index contributed by atoms with van der Waals surface area (Å²) in [5, 5.41) is 15.7. The Morgan fingerprint density at radius 3 is 0.547 bits per heavy atom. The molecule has 86 heavy (non-hydrogen) atoms. The third kappa shape index (κ3) is 7.32. The van der Waals surface area contributed by atoms with Crippen LogP contribution in [0.2, 0.25) is 0 Å². The summed E-state index contributed by atoms with van der Waals surface area (Å²) in [5.74, 6) is 0. The number of para-hydroxylation sites is 4. The van der Waals surface area contributed by atoms with Crippen LogP contribution in [0.3, 0.4) is 0 Å². The topological polar surface area (TPSA) is 29.6 Å². The van der Waals surface area contributed by atoms with Crippen molar-refractivity contribution in [3.8, 4) is 44.5 Å². The van der Waals surface area contributed by atoms with Crippen molar-refractivity contribution >= 4 is 131 Å². The summed E-state index contributed by atoms with van der Waals surface area (Å²) in [5.41, 5.74) is 25.3. The largest absolute Gasteiger partial charge is 0.344 e. The molecule has 6 nitrogen and oxygen atoms in total. The first-order valence-electron chi connectivity index (χ1n) is 30.2. The van der Waals surface area contributed by atoms with Gasteiger partial charge in [0.1, 0.15) is 0 Å². The molecule has 12 aromatic carbocycles. The van der Waals surface area contributed by atoms with Gasteiger partial charge >= 0.3 is 0 Å². The molecule has 0 saturated heterocycles. The fourth-order valence-electron chi connectivity index (χ4n) is 15.0. The highest BCUT2D eigenvalue weighted by atomic mass is 15.0. The molecule has 6 heterocycles. The number of benzene rings is 12. The molecule has 0 spiro atoms. The Labute approximate surface area is 497 Å². The third-order valence-electron chi connectivity index (χ3n) is 19.3. The van der Waals surface area contributed by atoms with Crippen LogP contribution in [0.1, 0.15) is 13.8 Å². The lowest BCUT2D eigenvalue weighted by atomic mass is 9.98. The summed E-state index contributed by atoms with van der Waals surface area (Å²) in [4.78, 5) is 0. The van der Waals surface area contributed by atoms with E-state index < -0.39 is 0 Å². The van der Waals surface area contributed by atoms with Gasteiger partial charge in [-0.3, -0.25) is 0 Å². The maximum atomic E-state index is 2.44. The fraction of sp³-hybridized carbons (Fsp3) is 0.100. The van der Waals surface area contributed by atoms with Crippen LogP contribution in [0.15, 0.2) is 243 Å². The van der Waals surface area contributed by atoms with Gasteiger partial charge in [-0.15, -0.1) is 0 Å². The molecule has 412 valence electrons. The molecule has 6 heteroatoms. The van der Waals surface area contributed by atoms with Gasteiger partial charge < -0.3 is 27.4 Å². The summed E-state index contributed by atoms with van der Waals surface area (Å²) < 4.78 is 14.1. The van der Waals surface area contributed by atoms with Gasteiger partial charge in [-0.25, -0.2) is 0 Å². The van der Waals surface area contributed by atoms with Crippen LogP contribution >= 0.6 is 0 Å². The lowest BCUT2D eigenvalue weighted by Gasteiger charge is -2.06. The molecule has 0 aliphatic rings. The second-order valence-electron chi connectivity index (χ2n) is 23.6. The van der Waals surface area contributed by atoms with Gasteiger partial charge in [0, 0.05) is 172 Å². The van der Waals surface area contributed by atoms with Crippen LogP contribution in [0.4, 0.5) is 0 Å². The average Bonchev–Trinajstić information content (AvgIpc) is 3.38. The quantitative estimate of drug-likeness (QED) is 0.159. The van der Waals surface area contributed by atoms with Gasteiger partial charge in [0.15, 0.2) is 0 Å².